The van der Waals surface area contributed by atoms with Gasteiger partial charge in [0.25, 0.3) is 0 Å². The van der Waals surface area contributed by atoms with Gasteiger partial charge in [0.2, 0.25) is 0 Å². The summed E-state index contributed by atoms with van der Waals surface area (Å²) >= 11 is 0. The molecular weight excluding hydrogens is 368 g/mol. The van der Waals surface area contributed by atoms with E-state index in [-0.39, 0.29) is 23.0 Å². The molecule has 1 aromatic heterocycles. The van der Waals surface area contributed by atoms with Crippen molar-refractivity contribution in [3.8, 4) is 11.3 Å². The van der Waals surface area contributed by atoms with E-state index in [0.717, 1.165) is 18.9 Å². The number of nitrogens with one attached hydrogen (secondary N) is 1. The zero-order valence-corrected chi connectivity index (χ0v) is 15.4. The second-order valence-electron chi connectivity index (χ2n) is 7.91. The summed E-state index contributed by atoms with van der Waals surface area (Å²) in [6, 6.07) is 7.37. The van der Waals surface area contributed by atoms with Gasteiger partial charge in [0.05, 0.1) is 30.7 Å². The first-order valence-corrected chi connectivity index (χ1v) is 9.54. The summed E-state index contributed by atoms with van der Waals surface area (Å²) < 4.78 is 38.8. The number of rotatable bonds is 6. The highest BCUT2D eigenvalue weighted by Crippen LogP contribution is 2.51. The average molecular weight is 391 g/mol. The van der Waals surface area contributed by atoms with E-state index in [1.54, 1.807) is 12.1 Å². The molecular formula is C21H23F2NO4. The molecule has 7 heteroatoms. The number of hydrogen-bond acceptors (Lipinski definition) is 4. The molecule has 2 fully saturated rings. The molecule has 1 spiro atoms. The molecule has 28 heavy (non-hydrogen) atoms. The Kier molecular flexibility index (Phi) is 5.21. The van der Waals surface area contributed by atoms with E-state index in [2.05, 4.69) is 5.32 Å². The summed E-state index contributed by atoms with van der Waals surface area (Å²) in [6.07, 6.45) is 3.41. The van der Waals surface area contributed by atoms with Gasteiger partial charge in [-0.3, -0.25) is 4.79 Å². The lowest BCUT2D eigenvalue weighted by molar-refractivity contribution is -0.161. The minimum absolute atomic E-state index is 0.0600. The molecule has 1 atom stereocenters. The number of hydrogen-bond donors (Lipinski definition) is 2. The standard InChI is InChI=1S/C21H23F2NO4/c22-17-3-1-2-16(19(17)23)18-5-4-15(28-18)11-24-10-14-6-7-21(12-27-14)8-13(9-21)20(25)26/h1-5,13-14,24H,6-12H2,(H,25,26). The van der Waals surface area contributed by atoms with Crippen LogP contribution in [0, 0.1) is 23.0 Å². The summed E-state index contributed by atoms with van der Waals surface area (Å²) in [5, 5.41) is 12.3. The maximum Gasteiger partial charge on any atom is 0.306 e. The first-order chi connectivity index (χ1) is 13.5. The van der Waals surface area contributed by atoms with E-state index in [1.807, 2.05) is 0 Å². The number of carbonyl (C=O) groups is 1. The fourth-order valence-electron chi connectivity index (χ4n) is 4.23. The largest absolute Gasteiger partial charge is 0.481 e. The van der Waals surface area contributed by atoms with Crippen LogP contribution in [0.4, 0.5) is 8.78 Å². The van der Waals surface area contributed by atoms with E-state index < -0.39 is 17.6 Å². The fraction of sp³-hybridized carbons (Fsp3) is 0.476. The molecule has 0 radical (unpaired) electrons. The lowest BCUT2D eigenvalue weighted by atomic mass is 9.59. The van der Waals surface area contributed by atoms with Crippen LogP contribution in [0.1, 0.15) is 31.4 Å². The number of carboxylic acids is 1. The van der Waals surface area contributed by atoms with Crippen LogP contribution >= 0.6 is 0 Å². The third kappa shape index (κ3) is 3.82. The van der Waals surface area contributed by atoms with E-state index in [4.69, 9.17) is 14.3 Å². The molecule has 1 saturated heterocycles. The van der Waals surface area contributed by atoms with Crippen molar-refractivity contribution in [2.24, 2.45) is 11.3 Å². The first-order valence-electron chi connectivity index (χ1n) is 9.54. The number of benzene rings is 1. The molecule has 0 amide bonds. The van der Waals surface area contributed by atoms with Crippen molar-refractivity contribution in [1.82, 2.24) is 5.32 Å². The molecule has 1 saturated carbocycles. The zero-order chi connectivity index (χ0) is 19.7. The predicted molar refractivity (Wildman–Crippen MR) is 97.5 cm³/mol. The van der Waals surface area contributed by atoms with Crippen molar-refractivity contribution in [3.63, 3.8) is 0 Å². The topological polar surface area (TPSA) is 71.7 Å². The van der Waals surface area contributed by atoms with Gasteiger partial charge < -0.3 is 19.6 Å². The van der Waals surface area contributed by atoms with Crippen molar-refractivity contribution in [3.05, 3.63) is 47.7 Å². The van der Waals surface area contributed by atoms with Crippen LogP contribution < -0.4 is 5.32 Å². The Balaban J connectivity index is 1.23. The smallest absolute Gasteiger partial charge is 0.306 e. The van der Waals surface area contributed by atoms with Gasteiger partial charge in [-0.05, 0) is 55.4 Å². The van der Waals surface area contributed by atoms with Crippen molar-refractivity contribution in [1.29, 1.82) is 0 Å². The summed E-state index contributed by atoms with van der Waals surface area (Å²) in [5.41, 5.74) is 0.164. The number of furan rings is 1. The van der Waals surface area contributed by atoms with E-state index in [0.29, 0.717) is 44.1 Å². The molecule has 1 aliphatic heterocycles. The maximum atomic E-state index is 13.9. The molecule has 5 nitrogen and oxygen atoms in total. The second-order valence-corrected chi connectivity index (χ2v) is 7.91. The summed E-state index contributed by atoms with van der Waals surface area (Å²) in [7, 11) is 0. The molecule has 2 heterocycles. The van der Waals surface area contributed by atoms with Crippen molar-refractivity contribution in [2.45, 2.75) is 38.3 Å². The number of ether oxygens (including phenoxy) is 1. The Morgan fingerprint density at radius 2 is 2.07 bits per heavy atom. The monoisotopic (exact) mass is 391 g/mol. The molecule has 0 bridgehead atoms. The van der Waals surface area contributed by atoms with Gasteiger partial charge in [-0.15, -0.1) is 0 Å². The summed E-state index contributed by atoms with van der Waals surface area (Å²) in [5.74, 6) is -1.81. The van der Waals surface area contributed by atoms with Crippen LogP contribution in [0.5, 0.6) is 0 Å². The van der Waals surface area contributed by atoms with Crippen LogP contribution in [0.25, 0.3) is 11.3 Å². The number of halogens is 2. The highest BCUT2D eigenvalue weighted by Gasteiger charge is 2.49. The highest BCUT2D eigenvalue weighted by molar-refractivity contribution is 5.71. The number of aliphatic carboxylic acids is 1. The molecule has 2 aromatic rings. The van der Waals surface area contributed by atoms with Crippen LogP contribution in [-0.4, -0.2) is 30.3 Å². The Bertz CT molecular complexity index is 850. The Labute approximate surface area is 161 Å². The summed E-state index contributed by atoms with van der Waals surface area (Å²) in [6.45, 7) is 1.73. The Morgan fingerprint density at radius 1 is 1.25 bits per heavy atom. The number of carboxylic acid groups (broad SMARTS) is 1. The van der Waals surface area contributed by atoms with Crippen LogP contribution in [0.15, 0.2) is 34.7 Å². The lowest BCUT2D eigenvalue weighted by Crippen LogP contribution is -2.49. The van der Waals surface area contributed by atoms with E-state index in [1.165, 1.54) is 12.1 Å². The zero-order valence-electron chi connectivity index (χ0n) is 15.4. The van der Waals surface area contributed by atoms with E-state index >= 15 is 0 Å². The quantitative estimate of drug-likeness (QED) is 0.780. The third-order valence-electron chi connectivity index (χ3n) is 5.88. The lowest BCUT2D eigenvalue weighted by Gasteiger charge is -2.49. The van der Waals surface area contributed by atoms with Gasteiger partial charge >= 0.3 is 5.97 Å². The van der Waals surface area contributed by atoms with Crippen molar-refractivity contribution >= 4 is 5.97 Å². The minimum Gasteiger partial charge on any atom is -0.481 e. The Hall–Kier alpha value is -2.25. The average Bonchev–Trinajstić information content (AvgIpc) is 3.11. The van der Waals surface area contributed by atoms with Gasteiger partial charge in [-0.25, -0.2) is 8.78 Å². The van der Waals surface area contributed by atoms with E-state index in [9.17, 15) is 13.6 Å². The first kappa shape index (κ1) is 19.1. The van der Waals surface area contributed by atoms with Gasteiger partial charge in [-0.1, -0.05) is 6.07 Å². The molecule has 150 valence electrons. The van der Waals surface area contributed by atoms with Gasteiger partial charge in [0.15, 0.2) is 11.6 Å². The van der Waals surface area contributed by atoms with Crippen molar-refractivity contribution in [2.75, 3.05) is 13.2 Å². The van der Waals surface area contributed by atoms with Gasteiger partial charge in [0.1, 0.15) is 11.5 Å². The van der Waals surface area contributed by atoms with Gasteiger partial charge in [0, 0.05) is 6.54 Å². The fourth-order valence-corrected chi connectivity index (χ4v) is 4.23. The summed E-state index contributed by atoms with van der Waals surface area (Å²) in [4.78, 5) is 11.0. The molecule has 4 rings (SSSR count). The normalized spacial score (nSPS) is 26.9. The maximum absolute atomic E-state index is 13.9. The van der Waals surface area contributed by atoms with Crippen LogP contribution in [-0.2, 0) is 16.1 Å². The highest BCUT2D eigenvalue weighted by atomic mass is 19.2. The van der Waals surface area contributed by atoms with Crippen molar-refractivity contribution < 1.29 is 27.8 Å². The minimum atomic E-state index is -0.915. The van der Waals surface area contributed by atoms with Crippen LogP contribution in [0.3, 0.4) is 0 Å². The second kappa shape index (κ2) is 7.64. The Morgan fingerprint density at radius 3 is 2.79 bits per heavy atom. The molecule has 1 aromatic carbocycles. The van der Waals surface area contributed by atoms with Crippen LogP contribution in [0.2, 0.25) is 0 Å². The predicted octanol–water partition coefficient (Wildman–Crippen LogP) is 3.97. The molecule has 1 aliphatic carbocycles. The van der Waals surface area contributed by atoms with Gasteiger partial charge in [-0.2, -0.15) is 0 Å². The molecule has 2 N–H and O–H groups in total. The third-order valence-corrected chi connectivity index (χ3v) is 5.88. The molecule has 2 aliphatic rings. The SMILES string of the molecule is O=C(O)C1CC2(CCC(CNCc3ccc(-c4cccc(F)c4F)o3)OC2)C1. The molecule has 1 unspecified atom stereocenters.